The van der Waals surface area contributed by atoms with Gasteiger partial charge in [-0.1, -0.05) is 208 Å². The third kappa shape index (κ3) is 5.31. The second-order valence-corrected chi connectivity index (χ2v) is 16.4. The highest BCUT2D eigenvalue weighted by molar-refractivity contribution is 5.97. The topological polar surface area (TPSA) is 3.24 Å². The van der Waals surface area contributed by atoms with E-state index in [2.05, 4.69) is 243 Å². The van der Waals surface area contributed by atoms with Gasteiger partial charge in [0.05, 0.1) is 11.1 Å². The molecule has 0 atom stereocenters. The zero-order valence-electron chi connectivity index (χ0n) is 33.3. The Kier molecular flexibility index (Phi) is 8.13. The molecule has 0 fully saturated rings. The summed E-state index contributed by atoms with van der Waals surface area (Å²) in [6.45, 7) is 4.77. The van der Waals surface area contributed by atoms with Gasteiger partial charge in [-0.25, -0.2) is 0 Å². The number of hydrogen-bond acceptors (Lipinski definition) is 1. The van der Waals surface area contributed by atoms with Crippen LogP contribution in [0, 0.1) is 0 Å². The van der Waals surface area contributed by atoms with Gasteiger partial charge in [0.1, 0.15) is 0 Å². The Hall–Kier alpha value is -7.22. The fraction of sp³-hybridized carbons (Fsp3) is 0.0690. The van der Waals surface area contributed by atoms with Crippen LogP contribution in [-0.4, -0.2) is 0 Å². The molecule has 11 rings (SSSR count). The second kappa shape index (κ2) is 13.7. The largest absolute Gasteiger partial charge is 0.310 e. The Balaban J connectivity index is 1.22. The van der Waals surface area contributed by atoms with Crippen molar-refractivity contribution in [2.24, 2.45) is 0 Å². The van der Waals surface area contributed by atoms with Crippen LogP contribution in [-0.2, 0) is 10.8 Å². The van der Waals surface area contributed by atoms with Crippen molar-refractivity contribution < 1.29 is 0 Å². The number of nitrogens with zero attached hydrogens (tertiary/aromatic N) is 1. The molecule has 0 N–H and O–H groups in total. The Bertz CT molecular complexity index is 2960. The van der Waals surface area contributed by atoms with Gasteiger partial charge >= 0.3 is 0 Å². The smallest absolute Gasteiger partial charge is 0.0713 e. The van der Waals surface area contributed by atoms with E-state index in [4.69, 9.17) is 0 Å². The predicted octanol–water partition coefficient (Wildman–Crippen LogP) is 15.2. The minimum Gasteiger partial charge on any atom is -0.310 e. The van der Waals surface area contributed by atoms with Crippen LogP contribution in [0.4, 0.5) is 17.1 Å². The van der Waals surface area contributed by atoms with Crippen LogP contribution < -0.4 is 4.90 Å². The lowest BCUT2D eigenvalue weighted by Gasteiger charge is -2.34. The van der Waals surface area contributed by atoms with Gasteiger partial charge in [0.25, 0.3) is 0 Å². The van der Waals surface area contributed by atoms with E-state index >= 15 is 0 Å². The van der Waals surface area contributed by atoms with E-state index in [9.17, 15) is 0 Å². The molecular formula is C58H43N. The van der Waals surface area contributed by atoms with Gasteiger partial charge in [0.15, 0.2) is 0 Å². The van der Waals surface area contributed by atoms with Crippen LogP contribution in [0.2, 0.25) is 0 Å². The maximum atomic E-state index is 2.51. The van der Waals surface area contributed by atoms with Crippen LogP contribution in [0.3, 0.4) is 0 Å². The number of hydrogen-bond donors (Lipinski definition) is 0. The highest BCUT2D eigenvalue weighted by Gasteiger charge is 2.46. The van der Waals surface area contributed by atoms with Crippen molar-refractivity contribution in [3.05, 3.63) is 258 Å². The Labute approximate surface area is 347 Å². The van der Waals surface area contributed by atoms with Crippen molar-refractivity contribution in [2.75, 3.05) is 4.90 Å². The van der Waals surface area contributed by atoms with Crippen LogP contribution in [0.1, 0.15) is 47.2 Å². The molecule has 0 aliphatic heterocycles. The summed E-state index contributed by atoms with van der Waals surface area (Å²) in [5.41, 5.74) is 20.6. The molecule has 0 unspecified atom stereocenters. The maximum Gasteiger partial charge on any atom is 0.0713 e. The third-order valence-corrected chi connectivity index (χ3v) is 12.9. The first-order valence-corrected chi connectivity index (χ1v) is 20.7. The van der Waals surface area contributed by atoms with Gasteiger partial charge in [-0.3, -0.25) is 0 Å². The first-order chi connectivity index (χ1) is 29.0. The number of rotatable bonds is 7. The molecular weight excluding hydrogens is 711 g/mol. The predicted molar refractivity (Wildman–Crippen MR) is 247 cm³/mol. The number of anilines is 3. The van der Waals surface area contributed by atoms with Gasteiger partial charge in [-0.05, 0) is 103 Å². The van der Waals surface area contributed by atoms with E-state index in [0.29, 0.717) is 0 Å². The standard InChI is InChI=1S/C58H43N/c1-57(2)52-32-18-15-31-48(52)51-39-45(38-49(56(51)57)41-23-9-4-10-24-41)59(55-34-20-17-29-46(55)40-21-7-3-8-22-40)44-35-36-54-50(37-44)47-30-16-19-33-53(47)58(54,42-25-11-5-12-26-42)43-27-13-6-14-28-43/h3-39H,1-2H3. The number of para-hydroxylation sites is 1. The SMILES string of the molecule is CC1(C)c2ccccc2-c2cc(N(c3ccc4c(c3)-c3ccccc3C4(c3ccccc3)c3ccccc3)c3ccccc3-c3ccccc3)cc(-c3ccccc3)c21. The van der Waals surface area contributed by atoms with Crippen LogP contribution >= 0.6 is 0 Å². The molecule has 59 heavy (non-hydrogen) atoms. The van der Waals surface area contributed by atoms with Crippen LogP contribution in [0.25, 0.3) is 44.5 Å². The number of benzene rings is 9. The zero-order valence-corrected chi connectivity index (χ0v) is 33.3. The third-order valence-electron chi connectivity index (χ3n) is 12.9. The lowest BCUT2D eigenvalue weighted by atomic mass is 9.68. The van der Waals surface area contributed by atoms with Crippen molar-refractivity contribution in [1.29, 1.82) is 0 Å². The van der Waals surface area contributed by atoms with Gasteiger partial charge in [-0.2, -0.15) is 0 Å². The molecule has 9 aromatic carbocycles. The molecule has 0 amide bonds. The summed E-state index contributed by atoms with van der Waals surface area (Å²) < 4.78 is 0. The lowest BCUT2D eigenvalue weighted by molar-refractivity contribution is 0.662. The lowest BCUT2D eigenvalue weighted by Crippen LogP contribution is -2.28. The normalized spacial score (nSPS) is 13.9. The van der Waals surface area contributed by atoms with Gasteiger partial charge in [0.2, 0.25) is 0 Å². The van der Waals surface area contributed by atoms with Crippen molar-refractivity contribution in [1.82, 2.24) is 0 Å². The van der Waals surface area contributed by atoms with Crippen LogP contribution in [0.15, 0.2) is 224 Å². The second-order valence-electron chi connectivity index (χ2n) is 16.4. The zero-order chi connectivity index (χ0) is 39.6. The maximum absolute atomic E-state index is 2.51. The van der Waals surface area contributed by atoms with Crippen molar-refractivity contribution in [3.63, 3.8) is 0 Å². The van der Waals surface area contributed by atoms with Crippen molar-refractivity contribution in [3.8, 4) is 44.5 Å². The first kappa shape index (κ1) is 35.0. The molecule has 0 radical (unpaired) electrons. The fourth-order valence-electron chi connectivity index (χ4n) is 10.4. The van der Waals surface area contributed by atoms with E-state index in [1.165, 1.54) is 77.9 Å². The molecule has 1 nitrogen and oxygen atoms in total. The van der Waals surface area contributed by atoms with E-state index in [-0.39, 0.29) is 5.41 Å². The first-order valence-electron chi connectivity index (χ1n) is 20.7. The summed E-state index contributed by atoms with van der Waals surface area (Å²) in [4.78, 5) is 2.51. The van der Waals surface area contributed by atoms with Gasteiger partial charge in [-0.15, -0.1) is 0 Å². The Morgan fingerprint density at radius 1 is 0.322 bits per heavy atom. The van der Waals surface area contributed by atoms with E-state index in [1.54, 1.807) is 0 Å². The molecule has 2 aliphatic carbocycles. The van der Waals surface area contributed by atoms with Crippen molar-refractivity contribution >= 4 is 17.1 Å². The average molecular weight is 754 g/mol. The Morgan fingerprint density at radius 3 is 1.39 bits per heavy atom. The summed E-state index contributed by atoms with van der Waals surface area (Å²) in [6.07, 6.45) is 0. The molecule has 1 heteroatoms. The van der Waals surface area contributed by atoms with Gasteiger partial charge < -0.3 is 4.90 Å². The summed E-state index contributed by atoms with van der Waals surface area (Å²) in [5.74, 6) is 0. The summed E-state index contributed by atoms with van der Waals surface area (Å²) >= 11 is 0. The summed E-state index contributed by atoms with van der Waals surface area (Å²) in [6, 6.07) is 83.0. The summed E-state index contributed by atoms with van der Waals surface area (Å²) in [7, 11) is 0. The van der Waals surface area contributed by atoms with E-state index in [1.807, 2.05) is 0 Å². The van der Waals surface area contributed by atoms with Crippen LogP contribution in [0.5, 0.6) is 0 Å². The van der Waals surface area contributed by atoms with E-state index in [0.717, 1.165) is 17.1 Å². The Morgan fingerprint density at radius 2 is 0.763 bits per heavy atom. The molecule has 0 bridgehead atoms. The molecule has 0 saturated heterocycles. The molecule has 280 valence electrons. The minimum absolute atomic E-state index is 0.169. The molecule has 2 aliphatic rings. The molecule has 0 heterocycles. The van der Waals surface area contributed by atoms with Crippen molar-refractivity contribution in [2.45, 2.75) is 24.7 Å². The van der Waals surface area contributed by atoms with Gasteiger partial charge in [0, 0.05) is 22.4 Å². The molecule has 9 aromatic rings. The summed E-state index contributed by atoms with van der Waals surface area (Å²) in [5, 5.41) is 0. The average Bonchev–Trinajstić information content (AvgIpc) is 3.73. The molecule has 0 saturated carbocycles. The fourth-order valence-corrected chi connectivity index (χ4v) is 10.4. The van der Waals surface area contributed by atoms with E-state index < -0.39 is 5.41 Å². The molecule has 0 aromatic heterocycles. The quantitative estimate of drug-likeness (QED) is 0.157. The highest BCUT2D eigenvalue weighted by Crippen LogP contribution is 2.59. The minimum atomic E-state index is -0.469. The highest BCUT2D eigenvalue weighted by atomic mass is 15.1. The number of fused-ring (bicyclic) bond motifs is 6. The monoisotopic (exact) mass is 753 g/mol. The molecule has 0 spiro atoms.